The molecule has 0 saturated heterocycles. The van der Waals surface area contributed by atoms with Gasteiger partial charge in [-0.15, -0.1) is 0 Å². The number of esters is 1. The normalized spacial score (nSPS) is 17.1. The third-order valence-corrected chi connectivity index (χ3v) is 3.81. The molecule has 1 heterocycles. The third-order valence-electron chi connectivity index (χ3n) is 3.37. The summed E-state index contributed by atoms with van der Waals surface area (Å²) in [6.07, 6.45) is 4.33. The minimum Gasteiger partial charge on any atom is -0.460 e. The van der Waals surface area contributed by atoms with E-state index in [0.717, 1.165) is 35.0 Å². The lowest BCUT2D eigenvalue weighted by Gasteiger charge is -2.24. The maximum absolute atomic E-state index is 12.3. The van der Waals surface area contributed by atoms with Crippen LogP contribution < -0.4 is 0 Å². The van der Waals surface area contributed by atoms with Crippen molar-refractivity contribution in [1.82, 2.24) is 4.98 Å². The van der Waals surface area contributed by atoms with Crippen LogP contribution in [0.4, 0.5) is 0 Å². The smallest absolute Gasteiger partial charge is 0.312 e. The number of halogens is 1. The van der Waals surface area contributed by atoms with Crippen molar-refractivity contribution in [3.63, 3.8) is 0 Å². The summed E-state index contributed by atoms with van der Waals surface area (Å²) in [7, 11) is 0. The molecule has 1 aliphatic rings. The lowest BCUT2D eigenvalue weighted by atomic mass is 9.95. The number of rotatable bonds is 3. The molecule has 0 amide bonds. The molecule has 0 aromatic carbocycles. The Morgan fingerprint density at radius 1 is 1.47 bits per heavy atom. The van der Waals surface area contributed by atoms with E-state index in [1.165, 1.54) is 0 Å². The van der Waals surface area contributed by atoms with Crippen LogP contribution in [0.5, 0.6) is 0 Å². The van der Waals surface area contributed by atoms with Crippen molar-refractivity contribution in [1.29, 1.82) is 0 Å². The second kappa shape index (κ2) is 4.89. The summed E-state index contributed by atoms with van der Waals surface area (Å²) in [5, 5.41) is 0. The molecule has 0 atom stereocenters. The van der Waals surface area contributed by atoms with Crippen molar-refractivity contribution in [2.45, 2.75) is 52.6 Å². The maximum Gasteiger partial charge on any atom is 0.312 e. The highest BCUT2D eigenvalue weighted by atomic mass is 79.9. The van der Waals surface area contributed by atoms with E-state index in [0.29, 0.717) is 0 Å². The fourth-order valence-corrected chi connectivity index (χ4v) is 2.46. The first kappa shape index (κ1) is 14.5. The highest BCUT2D eigenvalue weighted by molar-refractivity contribution is 9.10. The molecule has 3 nitrogen and oxygen atoms in total. The molecule has 1 saturated carbocycles. The average Bonchev–Trinajstić information content (AvgIpc) is 3.02. The van der Waals surface area contributed by atoms with Gasteiger partial charge in [-0.05, 0) is 74.5 Å². The predicted molar refractivity (Wildman–Crippen MR) is 77.9 cm³/mol. The Bertz CT molecular complexity index is 501. The zero-order valence-electron chi connectivity index (χ0n) is 11.9. The SMILES string of the molecule is Cc1ncc(Br)cc1CC1(C(=O)OC(C)(C)C)CC1. The number of carbonyl (C=O) groups is 1. The van der Waals surface area contributed by atoms with Crippen molar-refractivity contribution >= 4 is 21.9 Å². The molecule has 1 fully saturated rings. The fourth-order valence-electron chi connectivity index (χ4n) is 2.08. The maximum atomic E-state index is 12.3. The zero-order chi connectivity index (χ0) is 14.3. The van der Waals surface area contributed by atoms with Crippen LogP contribution in [-0.4, -0.2) is 16.6 Å². The molecule has 2 rings (SSSR count). The predicted octanol–water partition coefficient (Wildman–Crippen LogP) is 3.82. The number of pyridine rings is 1. The quantitative estimate of drug-likeness (QED) is 0.793. The van der Waals surface area contributed by atoms with Crippen LogP contribution in [0.25, 0.3) is 0 Å². The van der Waals surface area contributed by atoms with Gasteiger partial charge < -0.3 is 4.74 Å². The zero-order valence-corrected chi connectivity index (χ0v) is 13.5. The molecular formula is C15H20BrNO2. The Hall–Kier alpha value is -0.900. The summed E-state index contributed by atoms with van der Waals surface area (Å²) < 4.78 is 6.49. The lowest BCUT2D eigenvalue weighted by molar-refractivity contribution is -0.161. The summed E-state index contributed by atoms with van der Waals surface area (Å²) in [5.41, 5.74) is 1.37. The van der Waals surface area contributed by atoms with Gasteiger partial charge in [0.15, 0.2) is 0 Å². The minimum atomic E-state index is -0.419. The van der Waals surface area contributed by atoms with Crippen LogP contribution in [0.3, 0.4) is 0 Å². The molecule has 1 aliphatic carbocycles. The van der Waals surface area contributed by atoms with Gasteiger partial charge in [-0.2, -0.15) is 0 Å². The van der Waals surface area contributed by atoms with Gasteiger partial charge in [0.1, 0.15) is 5.60 Å². The number of aromatic nitrogens is 1. The molecule has 1 aromatic heterocycles. The van der Waals surface area contributed by atoms with Crippen molar-refractivity contribution in [2.75, 3.05) is 0 Å². The summed E-state index contributed by atoms with van der Waals surface area (Å²) in [4.78, 5) is 16.6. The Kier molecular flexibility index (Phi) is 3.74. The van der Waals surface area contributed by atoms with Crippen molar-refractivity contribution in [2.24, 2.45) is 5.41 Å². The van der Waals surface area contributed by atoms with E-state index in [9.17, 15) is 4.79 Å². The van der Waals surface area contributed by atoms with Gasteiger partial charge >= 0.3 is 5.97 Å². The summed E-state index contributed by atoms with van der Waals surface area (Å²) in [6, 6.07) is 2.05. The average molecular weight is 326 g/mol. The molecular weight excluding hydrogens is 306 g/mol. The number of carbonyl (C=O) groups excluding carboxylic acids is 1. The fraction of sp³-hybridized carbons (Fsp3) is 0.600. The van der Waals surface area contributed by atoms with E-state index in [2.05, 4.69) is 20.9 Å². The Balaban J connectivity index is 2.14. The molecule has 0 radical (unpaired) electrons. The lowest BCUT2D eigenvalue weighted by Crippen LogP contribution is -2.31. The number of ether oxygens (including phenoxy) is 1. The molecule has 19 heavy (non-hydrogen) atoms. The Labute approximate surface area is 122 Å². The van der Waals surface area contributed by atoms with Crippen LogP contribution >= 0.6 is 15.9 Å². The van der Waals surface area contributed by atoms with Crippen molar-refractivity contribution in [3.05, 3.63) is 28.0 Å². The highest BCUT2D eigenvalue weighted by Gasteiger charge is 2.52. The Morgan fingerprint density at radius 2 is 2.11 bits per heavy atom. The van der Waals surface area contributed by atoms with Crippen LogP contribution in [0.1, 0.15) is 44.9 Å². The number of nitrogens with zero attached hydrogens (tertiary/aromatic N) is 1. The van der Waals surface area contributed by atoms with E-state index in [1.54, 1.807) is 6.20 Å². The first-order valence-electron chi connectivity index (χ1n) is 6.56. The van der Waals surface area contributed by atoms with Crippen molar-refractivity contribution < 1.29 is 9.53 Å². The standard InChI is InChI=1S/C15H20BrNO2/c1-10-11(7-12(16)9-17-10)8-15(5-6-15)13(18)19-14(2,3)4/h7,9H,5-6,8H2,1-4H3. The van der Waals surface area contributed by atoms with Gasteiger partial charge in [-0.1, -0.05) is 0 Å². The van der Waals surface area contributed by atoms with E-state index >= 15 is 0 Å². The van der Waals surface area contributed by atoms with Gasteiger partial charge in [-0.3, -0.25) is 9.78 Å². The van der Waals surface area contributed by atoms with Gasteiger partial charge in [0.2, 0.25) is 0 Å². The molecule has 0 bridgehead atoms. The van der Waals surface area contributed by atoms with Gasteiger partial charge in [0, 0.05) is 16.4 Å². The molecule has 0 spiro atoms. The molecule has 1 aromatic rings. The topological polar surface area (TPSA) is 39.2 Å². The monoisotopic (exact) mass is 325 g/mol. The van der Waals surface area contributed by atoms with E-state index in [1.807, 2.05) is 33.8 Å². The van der Waals surface area contributed by atoms with E-state index < -0.39 is 5.60 Å². The molecule has 0 aliphatic heterocycles. The first-order valence-corrected chi connectivity index (χ1v) is 7.36. The first-order chi connectivity index (χ1) is 8.72. The molecule has 0 unspecified atom stereocenters. The van der Waals surface area contributed by atoms with Gasteiger partial charge in [-0.25, -0.2) is 0 Å². The highest BCUT2D eigenvalue weighted by Crippen LogP contribution is 2.50. The minimum absolute atomic E-state index is 0.0700. The van der Waals surface area contributed by atoms with Crippen LogP contribution in [0, 0.1) is 12.3 Å². The largest absolute Gasteiger partial charge is 0.460 e. The third kappa shape index (κ3) is 3.56. The number of aryl methyl sites for hydroxylation is 1. The van der Waals surface area contributed by atoms with Gasteiger partial charge in [0.05, 0.1) is 5.41 Å². The van der Waals surface area contributed by atoms with Crippen LogP contribution in [0.15, 0.2) is 16.7 Å². The summed E-state index contributed by atoms with van der Waals surface area (Å²) >= 11 is 3.43. The molecule has 104 valence electrons. The van der Waals surface area contributed by atoms with Gasteiger partial charge in [0.25, 0.3) is 0 Å². The van der Waals surface area contributed by atoms with E-state index in [4.69, 9.17) is 4.74 Å². The summed E-state index contributed by atoms with van der Waals surface area (Å²) in [5.74, 6) is -0.0700. The van der Waals surface area contributed by atoms with Crippen LogP contribution in [0.2, 0.25) is 0 Å². The second-order valence-corrected chi connectivity index (χ2v) is 7.27. The second-order valence-electron chi connectivity index (χ2n) is 6.36. The summed E-state index contributed by atoms with van der Waals surface area (Å²) in [6.45, 7) is 7.71. The van der Waals surface area contributed by atoms with Crippen LogP contribution in [-0.2, 0) is 16.0 Å². The van der Waals surface area contributed by atoms with E-state index in [-0.39, 0.29) is 11.4 Å². The number of hydrogen-bond donors (Lipinski definition) is 0. The molecule has 4 heteroatoms. The molecule has 0 N–H and O–H groups in total. The Morgan fingerprint density at radius 3 is 2.63 bits per heavy atom. The van der Waals surface area contributed by atoms with Crippen molar-refractivity contribution in [3.8, 4) is 0 Å². The number of hydrogen-bond acceptors (Lipinski definition) is 3.